The summed E-state index contributed by atoms with van der Waals surface area (Å²) in [6, 6.07) is 11.0. The highest BCUT2D eigenvalue weighted by Gasteiger charge is 2.47. The van der Waals surface area contributed by atoms with E-state index in [-0.39, 0.29) is 0 Å². The van der Waals surface area contributed by atoms with Gasteiger partial charge in [-0.05, 0) is 35.4 Å². The third-order valence-corrected chi connectivity index (χ3v) is 5.68. The van der Waals surface area contributed by atoms with Crippen molar-refractivity contribution in [1.82, 2.24) is 4.72 Å². The van der Waals surface area contributed by atoms with E-state index in [1.807, 2.05) is 38.0 Å². The highest BCUT2D eigenvalue weighted by atomic mass is 32.2. The molecule has 0 fully saturated rings. The molecule has 6 nitrogen and oxygen atoms in total. The first-order valence-corrected chi connectivity index (χ1v) is 10.2. The second-order valence-electron chi connectivity index (χ2n) is 7.04. The summed E-state index contributed by atoms with van der Waals surface area (Å²) >= 11 is 0. The molecule has 0 aliphatic heterocycles. The third kappa shape index (κ3) is 5.40. The number of nitrogens with one attached hydrogen (secondary N) is 1. The van der Waals surface area contributed by atoms with Gasteiger partial charge in [-0.25, -0.2) is 8.42 Å². The zero-order valence-corrected chi connectivity index (χ0v) is 17.4. The van der Waals surface area contributed by atoms with Crippen molar-refractivity contribution in [2.75, 3.05) is 38.0 Å². The van der Waals surface area contributed by atoms with Crippen LogP contribution >= 0.6 is 0 Å². The van der Waals surface area contributed by atoms with Gasteiger partial charge in [0.1, 0.15) is 0 Å². The molecule has 0 radical (unpaired) electrons. The number of alkyl halides is 3. The molecule has 29 heavy (non-hydrogen) atoms. The van der Waals surface area contributed by atoms with E-state index in [0.29, 0.717) is 11.1 Å². The summed E-state index contributed by atoms with van der Waals surface area (Å²) in [6.45, 7) is 0. The lowest BCUT2D eigenvalue weighted by molar-refractivity contribution is -0.0451. The average molecular weight is 430 g/mol. The molecule has 0 spiro atoms. The van der Waals surface area contributed by atoms with Crippen molar-refractivity contribution >= 4 is 21.4 Å². The summed E-state index contributed by atoms with van der Waals surface area (Å²) in [5.74, 6) is 0. The van der Waals surface area contributed by atoms with Gasteiger partial charge in [-0.3, -0.25) is 0 Å². The van der Waals surface area contributed by atoms with Crippen LogP contribution in [-0.2, 0) is 10.0 Å². The quantitative estimate of drug-likeness (QED) is 0.706. The standard InChI is InChI=1S/C19H25F3N4O2S/c1-25(2)15-9-5-13(6-10-15)17(23)18(24-29(27,28)19(20,21)22)14-7-11-16(12-8-14)26(3)4/h5-12,17-18,24H,23H2,1-4H3/t17-,18-/m0/s1. The predicted molar refractivity (Wildman–Crippen MR) is 109 cm³/mol. The summed E-state index contributed by atoms with van der Waals surface area (Å²) in [7, 11) is 1.74. The lowest BCUT2D eigenvalue weighted by atomic mass is 9.94. The monoisotopic (exact) mass is 430 g/mol. The molecule has 160 valence electrons. The number of halogens is 3. The average Bonchev–Trinajstić information content (AvgIpc) is 2.65. The Kier molecular flexibility index (Phi) is 6.82. The Morgan fingerprint density at radius 1 is 0.828 bits per heavy atom. The first-order chi connectivity index (χ1) is 13.3. The van der Waals surface area contributed by atoms with Crippen molar-refractivity contribution in [3.63, 3.8) is 0 Å². The Bertz CT molecular complexity index is 912. The minimum atomic E-state index is -5.59. The van der Waals surface area contributed by atoms with E-state index in [9.17, 15) is 21.6 Å². The number of nitrogens with zero attached hydrogens (tertiary/aromatic N) is 2. The number of hydrogen-bond donors (Lipinski definition) is 2. The second kappa shape index (κ2) is 8.60. The fraction of sp³-hybridized carbons (Fsp3) is 0.368. The van der Waals surface area contributed by atoms with Gasteiger partial charge in [0.05, 0.1) is 12.1 Å². The molecule has 0 saturated carbocycles. The molecule has 0 unspecified atom stereocenters. The smallest absolute Gasteiger partial charge is 0.378 e. The predicted octanol–water partition coefficient (Wildman–Crippen LogP) is 3.00. The Hall–Kier alpha value is -2.30. The molecule has 2 aromatic rings. The van der Waals surface area contributed by atoms with Crippen LogP contribution in [-0.4, -0.2) is 42.1 Å². The highest BCUT2D eigenvalue weighted by Crippen LogP contribution is 2.32. The van der Waals surface area contributed by atoms with E-state index < -0.39 is 27.6 Å². The maximum absolute atomic E-state index is 13.0. The highest BCUT2D eigenvalue weighted by molar-refractivity contribution is 7.90. The van der Waals surface area contributed by atoms with Gasteiger partial charge in [-0.15, -0.1) is 0 Å². The van der Waals surface area contributed by atoms with Crippen LogP contribution in [0.5, 0.6) is 0 Å². The summed E-state index contributed by atoms with van der Waals surface area (Å²) in [4.78, 5) is 3.68. The number of rotatable bonds is 7. The van der Waals surface area contributed by atoms with Crippen LogP contribution in [0, 0.1) is 0 Å². The molecule has 2 aromatic carbocycles. The van der Waals surface area contributed by atoms with Crippen LogP contribution in [0.4, 0.5) is 24.5 Å². The topological polar surface area (TPSA) is 78.7 Å². The summed E-state index contributed by atoms with van der Waals surface area (Å²) in [5, 5.41) is 0. The van der Waals surface area contributed by atoms with Gasteiger partial charge in [0.25, 0.3) is 0 Å². The molecule has 3 N–H and O–H groups in total. The third-order valence-electron chi connectivity index (χ3n) is 4.51. The van der Waals surface area contributed by atoms with Crippen LogP contribution in [0.15, 0.2) is 48.5 Å². The molecule has 0 aliphatic rings. The zero-order valence-electron chi connectivity index (χ0n) is 16.6. The molecule has 0 aliphatic carbocycles. The van der Waals surface area contributed by atoms with Gasteiger partial charge in [0, 0.05) is 39.6 Å². The molecule has 0 heterocycles. The van der Waals surface area contributed by atoms with Gasteiger partial charge in [0.2, 0.25) is 0 Å². The number of anilines is 2. The maximum atomic E-state index is 13.0. The van der Waals surface area contributed by atoms with Crippen LogP contribution in [0.3, 0.4) is 0 Å². The molecule has 0 saturated heterocycles. The lowest BCUT2D eigenvalue weighted by Crippen LogP contribution is -2.42. The number of hydrogen-bond acceptors (Lipinski definition) is 5. The largest absolute Gasteiger partial charge is 0.511 e. The first-order valence-electron chi connectivity index (χ1n) is 8.72. The molecule has 0 aromatic heterocycles. The van der Waals surface area contributed by atoms with Gasteiger partial charge >= 0.3 is 15.5 Å². The first kappa shape index (κ1) is 23.0. The molecule has 2 rings (SSSR count). The van der Waals surface area contributed by atoms with E-state index in [0.717, 1.165) is 11.4 Å². The zero-order chi connectivity index (χ0) is 22.0. The van der Waals surface area contributed by atoms with Crippen molar-refractivity contribution in [2.45, 2.75) is 17.6 Å². The SMILES string of the molecule is CN(C)c1ccc([C@H](N)[C@@H](NS(=O)(=O)C(F)(F)F)c2ccc(N(C)C)cc2)cc1. The van der Waals surface area contributed by atoms with Gasteiger partial charge in [0.15, 0.2) is 0 Å². The summed E-state index contributed by atoms with van der Waals surface area (Å²) in [6.07, 6.45) is 0. The molecular formula is C19H25F3N4O2S. The van der Waals surface area contributed by atoms with Crippen molar-refractivity contribution in [3.05, 3.63) is 59.7 Å². The maximum Gasteiger partial charge on any atom is 0.511 e. The van der Waals surface area contributed by atoms with Crippen LogP contribution in [0.2, 0.25) is 0 Å². The van der Waals surface area contributed by atoms with Crippen LogP contribution < -0.4 is 20.3 Å². The van der Waals surface area contributed by atoms with Crippen LogP contribution in [0.1, 0.15) is 23.2 Å². The van der Waals surface area contributed by atoms with Crippen LogP contribution in [0.25, 0.3) is 0 Å². The van der Waals surface area contributed by atoms with Crippen molar-refractivity contribution in [3.8, 4) is 0 Å². The van der Waals surface area contributed by atoms with Crippen molar-refractivity contribution in [2.24, 2.45) is 5.73 Å². The Labute approximate surface area is 169 Å². The van der Waals surface area contributed by atoms with E-state index in [1.54, 1.807) is 53.3 Å². The summed E-state index contributed by atoms with van der Waals surface area (Å²) in [5.41, 5.74) is 3.31. The molecule has 0 bridgehead atoms. The van der Waals surface area contributed by atoms with E-state index >= 15 is 0 Å². The minimum Gasteiger partial charge on any atom is -0.378 e. The number of sulfonamides is 1. The normalized spacial score (nSPS) is 14.3. The van der Waals surface area contributed by atoms with E-state index in [4.69, 9.17) is 5.73 Å². The van der Waals surface area contributed by atoms with Crippen molar-refractivity contribution in [1.29, 1.82) is 0 Å². The Balaban J connectivity index is 2.45. The Morgan fingerprint density at radius 2 is 1.21 bits per heavy atom. The molecular weight excluding hydrogens is 405 g/mol. The minimum absolute atomic E-state index is 0.326. The molecule has 2 atom stereocenters. The van der Waals surface area contributed by atoms with E-state index in [1.165, 1.54) is 0 Å². The fourth-order valence-electron chi connectivity index (χ4n) is 2.75. The fourth-order valence-corrected chi connectivity index (χ4v) is 3.50. The number of benzene rings is 2. The van der Waals surface area contributed by atoms with Crippen molar-refractivity contribution < 1.29 is 21.6 Å². The number of nitrogens with two attached hydrogens (primary N) is 1. The van der Waals surface area contributed by atoms with E-state index in [2.05, 4.69) is 0 Å². The molecule has 10 heteroatoms. The van der Waals surface area contributed by atoms with Gasteiger partial charge < -0.3 is 15.5 Å². The summed E-state index contributed by atoms with van der Waals surface area (Å²) < 4.78 is 64.3. The second-order valence-corrected chi connectivity index (χ2v) is 8.75. The molecule has 0 amide bonds. The van der Waals surface area contributed by atoms with Gasteiger partial charge in [-0.2, -0.15) is 17.9 Å². The van der Waals surface area contributed by atoms with Gasteiger partial charge in [-0.1, -0.05) is 24.3 Å². The lowest BCUT2D eigenvalue weighted by Gasteiger charge is -2.27. The Morgan fingerprint density at radius 3 is 1.55 bits per heavy atom.